The van der Waals surface area contributed by atoms with Gasteiger partial charge >= 0.3 is 5.97 Å². The van der Waals surface area contributed by atoms with Crippen LogP contribution in [-0.2, 0) is 14.3 Å². The second kappa shape index (κ2) is 10.2. The number of nitrogens with one attached hydrogen (secondary N) is 2. The van der Waals surface area contributed by atoms with Gasteiger partial charge in [0.1, 0.15) is 11.6 Å². The molecule has 9 nitrogen and oxygen atoms in total. The number of rotatable bonds is 7. The first-order valence-corrected chi connectivity index (χ1v) is 9.78. The van der Waals surface area contributed by atoms with Crippen LogP contribution >= 0.6 is 11.6 Å². The van der Waals surface area contributed by atoms with E-state index in [0.717, 1.165) is 31.7 Å². The summed E-state index contributed by atoms with van der Waals surface area (Å²) in [7, 11) is 0. The van der Waals surface area contributed by atoms with E-state index in [2.05, 4.69) is 17.6 Å². The summed E-state index contributed by atoms with van der Waals surface area (Å²) < 4.78 is 5.06. The van der Waals surface area contributed by atoms with Crippen molar-refractivity contribution in [1.29, 1.82) is 0 Å². The Bertz CT molecular complexity index is 800. The summed E-state index contributed by atoms with van der Waals surface area (Å²) >= 11 is 5.70. The maximum absolute atomic E-state index is 12.2. The Labute approximate surface area is 173 Å². The van der Waals surface area contributed by atoms with Gasteiger partial charge in [0.15, 0.2) is 6.10 Å². The van der Waals surface area contributed by atoms with Gasteiger partial charge in [-0.25, -0.2) is 0 Å². The zero-order valence-electron chi connectivity index (χ0n) is 16.3. The van der Waals surface area contributed by atoms with E-state index in [-0.39, 0.29) is 22.5 Å². The molecule has 10 heteroatoms. The predicted octanol–water partition coefficient (Wildman–Crippen LogP) is 2.60. The lowest BCUT2D eigenvalue weighted by atomic mass is 9.86. The molecule has 0 unspecified atom stereocenters. The molecule has 0 aliphatic heterocycles. The molecule has 29 heavy (non-hydrogen) atoms. The van der Waals surface area contributed by atoms with E-state index >= 15 is 0 Å². The van der Waals surface area contributed by atoms with Crippen LogP contribution in [0.5, 0.6) is 0 Å². The number of hydrogen-bond acceptors (Lipinski definition) is 6. The highest BCUT2D eigenvalue weighted by atomic mass is 35.5. The smallest absolute Gasteiger partial charge is 0.326 e. The molecule has 1 aromatic carbocycles. The molecule has 2 rings (SSSR count). The third kappa shape index (κ3) is 6.42. The van der Waals surface area contributed by atoms with Crippen LogP contribution < -0.4 is 10.6 Å². The van der Waals surface area contributed by atoms with Crippen molar-refractivity contribution in [3.63, 3.8) is 0 Å². The summed E-state index contributed by atoms with van der Waals surface area (Å²) in [5, 5.41) is 16.0. The van der Waals surface area contributed by atoms with Crippen molar-refractivity contribution < 1.29 is 24.0 Å². The van der Waals surface area contributed by atoms with E-state index < -0.39 is 35.1 Å². The van der Waals surface area contributed by atoms with Gasteiger partial charge in [-0.05, 0) is 37.8 Å². The summed E-state index contributed by atoms with van der Waals surface area (Å²) in [6, 6.07) is 3.62. The molecule has 2 amide bonds. The van der Waals surface area contributed by atoms with E-state index in [4.69, 9.17) is 16.3 Å². The average Bonchev–Trinajstić information content (AvgIpc) is 2.67. The van der Waals surface area contributed by atoms with Crippen molar-refractivity contribution in [3.05, 3.63) is 38.9 Å². The second-order valence-electron chi connectivity index (χ2n) is 7.11. The Balaban J connectivity index is 1.82. The average molecular weight is 426 g/mol. The third-order valence-electron chi connectivity index (χ3n) is 4.91. The van der Waals surface area contributed by atoms with E-state index in [0.29, 0.717) is 5.92 Å². The van der Waals surface area contributed by atoms with Gasteiger partial charge in [0.2, 0.25) is 0 Å². The number of benzene rings is 1. The Morgan fingerprint density at radius 2 is 2.00 bits per heavy atom. The molecule has 0 bridgehead atoms. The standard InChI is InChI=1S/C19H24ClN3O6/c1-11-5-3-4-6-15(11)22-18(25)12(2)29-17(24)10-21-19(26)13-7-8-14(20)16(9-13)23(27)28/h7-9,11-12,15H,3-6,10H2,1-2H3,(H,21,26)(H,22,25)/t11-,12+,15+/m0/s1. The Morgan fingerprint density at radius 3 is 2.66 bits per heavy atom. The maximum Gasteiger partial charge on any atom is 0.326 e. The van der Waals surface area contributed by atoms with Crippen LogP contribution in [0, 0.1) is 16.0 Å². The van der Waals surface area contributed by atoms with Gasteiger partial charge in [-0.15, -0.1) is 0 Å². The lowest BCUT2D eigenvalue weighted by Crippen LogP contribution is -2.46. The molecule has 0 spiro atoms. The van der Waals surface area contributed by atoms with Gasteiger partial charge in [0.25, 0.3) is 17.5 Å². The number of amides is 2. The quantitative estimate of drug-likeness (QED) is 0.392. The molecule has 1 saturated carbocycles. The fourth-order valence-corrected chi connectivity index (χ4v) is 3.36. The van der Waals surface area contributed by atoms with Crippen molar-refractivity contribution in [1.82, 2.24) is 10.6 Å². The van der Waals surface area contributed by atoms with Crippen molar-refractivity contribution >= 4 is 35.1 Å². The normalized spacial score (nSPS) is 19.7. The fraction of sp³-hybridized carbons (Fsp3) is 0.526. The summed E-state index contributed by atoms with van der Waals surface area (Å²) in [5.74, 6) is -1.49. The molecule has 1 aliphatic rings. The minimum Gasteiger partial charge on any atom is -0.451 e. The lowest BCUT2D eigenvalue weighted by Gasteiger charge is -2.30. The SMILES string of the molecule is C[C@@H](OC(=O)CNC(=O)c1ccc(Cl)c([N+](=O)[O-])c1)C(=O)N[C@@H]1CCCC[C@@H]1C. The van der Waals surface area contributed by atoms with Crippen LogP contribution in [0.15, 0.2) is 18.2 Å². The van der Waals surface area contributed by atoms with Gasteiger partial charge in [-0.3, -0.25) is 24.5 Å². The van der Waals surface area contributed by atoms with Crippen LogP contribution in [-0.4, -0.2) is 41.4 Å². The zero-order valence-corrected chi connectivity index (χ0v) is 17.0. The summed E-state index contributed by atoms with van der Waals surface area (Å²) in [6.07, 6.45) is 3.16. The first kappa shape index (κ1) is 22.6. The Hall–Kier alpha value is -2.68. The molecule has 1 aromatic rings. The number of hydrogen-bond donors (Lipinski definition) is 2. The van der Waals surface area contributed by atoms with E-state index in [1.165, 1.54) is 19.1 Å². The maximum atomic E-state index is 12.2. The molecule has 2 N–H and O–H groups in total. The fourth-order valence-electron chi connectivity index (χ4n) is 3.17. The minimum atomic E-state index is -0.995. The molecular formula is C19H24ClN3O6. The monoisotopic (exact) mass is 425 g/mol. The van der Waals surface area contributed by atoms with Crippen molar-refractivity contribution in [2.75, 3.05) is 6.54 Å². The van der Waals surface area contributed by atoms with Crippen molar-refractivity contribution in [2.45, 2.75) is 51.7 Å². The van der Waals surface area contributed by atoms with Crippen LogP contribution in [0.1, 0.15) is 49.9 Å². The number of nitro benzene ring substituents is 1. The van der Waals surface area contributed by atoms with Gasteiger partial charge in [-0.1, -0.05) is 31.4 Å². The summed E-state index contributed by atoms with van der Waals surface area (Å²) in [4.78, 5) is 46.4. The first-order chi connectivity index (χ1) is 13.7. The molecule has 3 atom stereocenters. The van der Waals surface area contributed by atoms with E-state index in [9.17, 15) is 24.5 Å². The number of esters is 1. The van der Waals surface area contributed by atoms with Crippen LogP contribution in [0.25, 0.3) is 0 Å². The third-order valence-corrected chi connectivity index (χ3v) is 5.23. The van der Waals surface area contributed by atoms with Gasteiger partial charge in [0.05, 0.1) is 4.92 Å². The largest absolute Gasteiger partial charge is 0.451 e. The van der Waals surface area contributed by atoms with E-state index in [1.807, 2.05) is 0 Å². The molecule has 0 heterocycles. The summed E-state index contributed by atoms with van der Waals surface area (Å²) in [5.41, 5.74) is -0.435. The van der Waals surface area contributed by atoms with Gasteiger partial charge in [0, 0.05) is 17.7 Å². The number of halogens is 1. The van der Waals surface area contributed by atoms with Crippen LogP contribution in [0.3, 0.4) is 0 Å². The highest BCUT2D eigenvalue weighted by molar-refractivity contribution is 6.32. The molecule has 0 radical (unpaired) electrons. The molecular weight excluding hydrogens is 402 g/mol. The topological polar surface area (TPSA) is 128 Å². The number of nitro groups is 1. The summed E-state index contributed by atoms with van der Waals surface area (Å²) in [6.45, 7) is 3.06. The lowest BCUT2D eigenvalue weighted by molar-refractivity contribution is -0.384. The van der Waals surface area contributed by atoms with Crippen LogP contribution in [0.4, 0.5) is 5.69 Å². The predicted molar refractivity (Wildman–Crippen MR) is 106 cm³/mol. The van der Waals surface area contributed by atoms with Crippen molar-refractivity contribution in [2.24, 2.45) is 5.92 Å². The molecule has 0 aromatic heterocycles. The molecule has 1 fully saturated rings. The molecule has 158 valence electrons. The highest BCUT2D eigenvalue weighted by Crippen LogP contribution is 2.25. The number of ether oxygens (including phenoxy) is 1. The van der Waals surface area contributed by atoms with Crippen LogP contribution in [0.2, 0.25) is 5.02 Å². The first-order valence-electron chi connectivity index (χ1n) is 9.41. The second-order valence-corrected chi connectivity index (χ2v) is 7.52. The number of nitrogens with zero attached hydrogens (tertiary/aromatic N) is 1. The highest BCUT2D eigenvalue weighted by Gasteiger charge is 2.26. The van der Waals surface area contributed by atoms with Crippen molar-refractivity contribution in [3.8, 4) is 0 Å². The van der Waals surface area contributed by atoms with Gasteiger partial charge in [-0.2, -0.15) is 0 Å². The number of carbonyl (C=O) groups is 3. The Morgan fingerprint density at radius 1 is 1.31 bits per heavy atom. The Kier molecular flexibility index (Phi) is 7.95. The number of carbonyl (C=O) groups excluding carboxylic acids is 3. The molecule has 0 saturated heterocycles. The molecule has 1 aliphatic carbocycles. The zero-order chi connectivity index (χ0) is 21.6. The van der Waals surface area contributed by atoms with Gasteiger partial charge < -0.3 is 15.4 Å². The van der Waals surface area contributed by atoms with E-state index in [1.54, 1.807) is 0 Å². The minimum absolute atomic E-state index is 0.0222.